The van der Waals surface area contributed by atoms with E-state index < -0.39 is 0 Å². The van der Waals surface area contributed by atoms with Crippen molar-refractivity contribution in [2.45, 2.75) is 6.92 Å². The number of aromatic nitrogens is 4. The predicted molar refractivity (Wildman–Crippen MR) is 117 cm³/mol. The van der Waals surface area contributed by atoms with Crippen molar-refractivity contribution in [3.05, 3.63) is 84.4 Å². The van der Waals surface area contributed by atoms with Crippen LogP contribution in [0.25, 0.3) is 33.2 Å². The molecule has 0 radical (unpaired) electrons. The Labute approximate surface area is 167 Å². The van der Waals surface area contributed by atoms with Gasteiger partial charge in [-0.2, -0.15) is 10.1 Å². The molecular weight excluding hydrogens is 360 g/mol. The Balaban J connectivity index is 1.37. The molecule has 140 valence electrons. The number of aromatic amines is 1. The fourth-order valence-corrected chi connectivity index (χ4v) is 3.30. The van der Waals surface area contributed by atoms with Crippen LogP contribution in [0.2, 0.25) is 0 Å². The minimum Gasteiger partial charge on any atom is -0.338 e. The minimum atomic E-state index is 0.351. The molecule has 0 aliphatic carbocycles. The molecule has 2 N–H and O–H groups in total. The second-order valence-corrected chi connectivity index (χ2v) is 6.76. The Kier molecular flexibility index (Phi) is 4.22. The number of nitrogens with one attached hydrogen (secondary N) is 2. The summed E-state index contributed by atoms with van der Waals surface area (Å²) in [5.74, 6) is 0.351. The van der Waals surface area contributed by atoms with Crippen LogP contribution in [-0.2, 0) is 0 Å². The number of nitrogens with zero attached hydrogens (tertiary/aromatic N) is 4. The average molecular weight is 378 g/mol. The lowest BCUT2D eigenvalue weighted by Gasteiger charge is -2.05. The second kappa shape index (κ2) is 7.16. The van der Waals surface area contributed by atoms with E-state index in [0.717, 1.165) is 27.7 Å². The maximum Gasteiger partial charge on any atom is 0.265 e. The van der Waals surface area contributed by atoms with E-state index in [9.17, 15) is 0 Å². The van der Waals surface area contributed by atoms with Crippen LogP contribution in [0.4, 0.5) is 5.95 Å². The fraction of sp³-hybridized carbons (Fsp3) is 0.0435. The van der Waals surface area contributed by atoms with E-state index in [0.29, 0.717) is 11.6 Å². The van der Waals surface area contributed by atoms with Gasteiger partial charge >= 0.3 is 0 Å². The van der Waals surface area contributed by atoms with Crippen molar-refractivity contribution in [1.82, 2.24) is 20.2 Å². The van der Waals surface area contributed by atoms with E-state index in [1.165, 1.54) is 11.1 Å². The maximum absolute atomic E-state index is 4.48. The summed E-state index contributed by atoms with van der Waals surface area (Å²) < 4.78 is 0. The summed E-state index contributed by atoms with van der Waals surface area (Å²) in [6.45, 7) is 1.94. The molecule has 0 aliphatic heterocycles. The smallest absolute Gasteiger partial charge is 0.265 e. The second-order valence-electron chi connectivity index (χ2n) is 6.76. The standard InChI is InChI=1S/C23H18N6/c1-15(16-11-13-18(14-12-16)17-7-3-2-4-8-17)26-28-23-25-22-21(27-29-23)19-9-5-6-10-20(19)24-22/h2-14H,1H3,(H2,24,25,28,29). The van der Waals surface area contributed by atoms with Crippen LogP contribution in [0.3, 0.4) is 0 Å². The molecule has 0 saturated carbocycles. The Morgan fingerprint density at radius 3 is 2.38 bits per heavy atom. The van der Waals surface area contributed by atoms with Crippen molar-refractivity contribution < 1.29 is 0 Å². The third-order valence-electron chi connectivity index (χ3n) is 4.86. The van der Waals surface area contributed by atoms with Crippen LogP contribution in [0, 0.1) is 0 Å². The first-order valence-electron chi connectivity index (χ1n) is 9.35. The van der Waals surface area contributed by atoms with Gasteiger partial charge in [0.2, 0.25) is 0 Å². The minimum absolute atomic E-state index is 0.351. The van der Waals surface area contributed by atoms with E-state index in [1.807, 2.05) is 49.4 Å². The van der Waals surface area contributed by atoms with E-state index in [-0.39, 0.29) is 0 Å². The number of H-pyrrole nitrogens is 1. The Bertz CT molecular complexity index is 1320. The average Bonchev–Trinajstić information content (AvgIpc) is 3.16. The third-order valence-corrected chi connectivity index (χ3v) is 4.86. The van der Waals surface area contributed by atoms with Crippen molar-refractivity contribution in [3.63, 3.8) is 0 Å². The summed E-state index contributed by atoms with van der Waals surface area (Å²) in [5.41, 5.74) is 9.56. The van der Waals surface area contributed by atoms with Gasteiger partial charge in [0.1, 0.15) is 5.52 Å². The zero-order valence-corrected chi connectivity index (χ0v) is 15.8. The summed E-state index contributed by atoms with van der Waals surface area (Å²) in [7, 11) is 0. The van der Waals surface area contributed by atoms with Crippen molar-refractivity contribution >= 4 is 33.7 Å². The van der Waals surface area contributed by atoms with Gasteiger partial charge in [0.05, 0.1) is 5.71 Å². The van der Waals surface area contributed by atoms with Gasteiger partial charge in [0.25, 0.3) is 5.95 Å². The topological polar surface area (TPSA) is 78.8 Å². The van der Waals surface area contributed by atoms with Gasteiger partial charge in [-0.15, -0.1) is 10.2 Å². The van der Waals surface area contributed by atoms with Crippen molar-refractivity contribution in [3.8, 4) is 11.1 Å². The van der Waals surface area contributed by atoms with E-state index in [1.54, 1.807) is 0 Å². The van der Waals surface area contributed by atoms with Gasteiger partial charge in [-0.3, -0.25) is 0 Å². The number of benzene rings is 3. The van der Waals surface area contributed by atoms with E-state index in [2.05, 4.69) is 67.1 Å². The third kappa shape index (κ3) is 3.32. The zero-order chi connectivity index (χ0) is 19.6. The van der Waals surface area contributed by atoms with Crippen LogP contribution >= 0.6 is 0 Å². The van der Waals surface area contributed by atoms with Crippen molar-refractivity contribution in [1.29, 1.82) is 0 Å². The SMILES string of the molecule is CC(=NNc1nnc2c(n1)[nH]c1ccccc12)c1ccc(-c2ccccc2)cc1. The number of hydrogen-bond acceptors (Lipinski definition) is 5. The van der Waals surface area contributed by atoms with Crippen molar-refractivity contribution in [2.75, 3.05) is 5.43 Å². The number of fused-ring (bicyclic) bond motifs is 3. The van der Waals surface area contributed by atoms with Gasteiger partial charge in [0, 0.05) is 10.9 Å². The number of anilines is 1. The maximum atomic E-state index is 4.48. The van der Waals surface area contributed by atoms with Gasteiger partial charge in [-0.1, -0.05) is 72.8 Å². The fourth-order valence-electron chi connectivity index (χ4n) is 3.30. The quantitative estimate of drug-likeness (QED) is 0.340. The highest BCUT2D eigenvalue weighted by atomic mass is 15.4. The van der Waals surface area contributed by atoms with Crippen LogP contribution in [0.1, 0.15) is 12.5 Å². The zero-order valence-electron chi connectivity index (χ0n) is 15.8. The van der Waals surface area contributed by atoms with Crippen LogP contribution in [-0.4, -0.2) is 25.9 Å². The Morgan fingerprint density at radius 2 is 1.55 bits per heavy atom. The number of rotatable bonds is 4. The molecule has 0 fully saturated rings. The molecule has 6 nitrogen and oxygen atoms in total. The molecule has 0 atom stereocenters. The summed E-state index contributed by atoms with van der Waals surface area (Å²) in [5, 5.41) is 13.9. The van der Waals surface area contributed by atoms with Crippen LogP contribution < -0.4 is 5.43 Å². The molecule has 3 aromatic carbocycles. The first kappa shape index (κ1) is 17.1. The molecule has 5 rings (SSSR count). The first-order chi connectivity index (χ1) is 14.3. The van der Waals surface area contributed by atoms with Crippen LogP contribution in [0.15, 0.2) is 84.0 Å². The Hall–Kier alpha value is -4.06. The Morgan fingerprint density at radius 1 is 0.828 bits per heavy atom. The number of hydrazone groups is 1. The van der Waals surface area contributed by atoms with Gasteiger partial charge < -0.3 is 4.98 Å². The summed E-state index contributed by atoms with van der Waals surface area (Å²) in [4.78, 5) is 7.74. The highest BCUT2D eigenvalue weighted by molar-refractivity contribution is 6.03. The molecular formula is C23H18N6. The molecule has 0 saturated heterocycles. The predicted octanol–water partition coefficient (Wildman–Crippen LogP) is 5.01. The summed E-state index contributed by atoms with van der Waals surface area (Å²) in [6.07, 6.45) is 0. The molecule has 0 unspecified atom stereocenters. The number of para-hydroxylation sites is 1. The van der Waals surface area contributed by atoms with Gasteiger partial charge in [0.15, 0.2) is 5.65 Å². The molecule has 2 heterocycles. The molecule has 5 aromatic rings. The lowest BCUT2D eigenvalue weighted by atomic mass is 10.0. The lowest BCUT2D eigenvalue weighted by molar-refractivity contribution is 1.01. The van der Waals surface area contributed by atoms with Gasteiger partial charge in [-0.25, -0.2) is 5.43 Å². The lowest BCUT2D eigenvalue weighted by Crippen LogP contribution is -2.03. The molecule has 0 bridgehead atoms. The largest absolute Gasteiger partial charge is 0.338 e. The molecule has 0 amide bonds. The van der Waals surface area contributed by atoms with Crippen LogP contribution in [0.5, 0.6) is 0 Å². The van der Waals surface area contributed by atoms with E-state index >= 15 is 0 Å². The summed E-state index contributed by atoms with van der Waals surface area (Å²) in [6, 6.07) is 26.5. The molecule has 6 heteroatoms. The van der Waals surface area contributed by atoms with Gasteiger partial charge in [-0.05, 0) is 29.7 Å². The normalized spacial score (nSPS) is 11.8. The number of hydrogen-bond donors (Lipinski definition) is 2. The molecule has 29 heavy (non-hydrogen) atoms. The highest BCUT2D eigenvalue weighted by Crippen LogP contribution is 2.22. The monoisotopic (exact) mass is 378 g/mol. The first-order valence-corrected chi connectivity index (χ1v) is 9.35. The summed E-state index contributed by atoms with van der Waals surface area (Å²) >= 11 is 0. The highest BCUT2D eigenvalue weighted by Gasteiger charge is 2.08. The van der Waals surface area contributed by atoms with E-state index in [4.69, 9.17) is 0 Å². The molecule has 2 aromatic heterocycles. The molecule has 0 spiro atoms. The molecule has 0 aliphatic rings. The van der Waals surface area contributed by atoms with Crippen molar-refractivity contribution in [2.24, 2.45) is 5.10 Å².